The van der Waals surface area contributed by atoms with Gasteiger partial charge in [0.25, 0.3) is 5.91 Å². The minimum Gasteiger partial charge on any atom is -0.490 e. The lowest BCUT2D eigenvalue weighted by Crippen LogP contribution is -2.39. The topological polar surface area (TPSA) is 106 Å². The Morgan fingerprint density at radius 1 is 1.14 bits per heavy atom. The molecule has 2 N–H and O–H groups in total. The first-order valence-electron chi connectivity index (χ1n) is 11.6. The molecule has 0 saturated carbocycles. The number of ether oxygens (including phenoxy) is 3. The molecular weight excluding hydrogens is 502 g/mol. The average Bonchev–Trinajstić information content (AvgIpc) is 3.53. The number of anilines is 1. The number of nitrogens with one attached hydrogen (secondary N) is 2. The van der Waals surface area contributed by atoms with Gasteiger partial charge in [-0.05, 0) is 55.0 Å². The Kier molecular flexibility index (Phi) is 6.84. The number of hydrogen-bond acceptors (Lipinski definition) is 9. The van der Waals surface area contributed by atoms with Crippen LogP contribution in [0.25, 0.3) is 0 Å². The zero-order chi connectivity index (χ0) is 25.2. The van der Waals surface area contributed by atoms with Crippen LogP contribution in [0.4, 0.5) is 9.80 Å². The minimum absolute atomic E-state index is 0.165. The largest absolute Gasteiger partial charge is 0.490 e. The first kappa shape index (κ1) is 24.1. The third-order valence-corrected chi connectivity index (χ3v) is 7.88. The van der Waals surface area contributed by atoms with E-state index in [0.29, 0.717) is 54.7 Å². The molecule has 0 spiro atoms. The molecule has 36 heavy (non-hydrogen) atoms. The number of hydrogen-bond donors (Lipinski definition) is 2. The number of rotatable bonds is 6. The molecule has 9 nitrogen and oxygen atoms in total. The van der Waals surface area contributed by atoms with E-state index >= 15 is 0 Å². The van der Waals surface area contributed by atoms with Crippen molar-refractivity contribution in [2.75, 3.05) is 25.1 Å². The van der Waals surface area contributed by atoms with E-state index in [0.717, 1.165) is 21.0 Å². The predicted octanol–water partition coefficient (Wildman–Crippen LogP) is 4.80. The summed E-state index contributed by atoms with van der Waals surface area (Å²) < 4.78 is 16.4. The summed E-state index contributed by atoms with van der Waals surface area (Å²) in [5.74, 6) is 0.111. The Morgan fingerprint density at radius 3 is 2.75 bits per heavy atom. The Hall–Kier alpha value is -3.57. The number of amides is 2. The highest BCUT2D eigenvalue weighted by atomic mass is 32.1. The Morgan fingerprint density at radius 2 is 2.00 bits per heavy atom. The van der Waals surface area contributed by atoms with Gasteiger partial charge >= 0.3 is 12.1 Å². The van der Waals surface area contributed by atoms with Crippen molar-refractivity contribution in [3.63, 3.8) is 0 Å². The van der Waals surface area contributed by atoms with Crippen molar-refractivity contribution in [1.82, 2.24) is 10.2 Å². The summed E-state index contributed by atoms with van der Waals surface area (Å²) in [6, 6.07) is 8.72. The molecule has 11 heteroatoms. The van der Waals surface area contributed by atoms with Crippen LogP contribution in [-0.4, -0.2) is 42.6 Å². The summed E-state index contributed by atoms with van der Waals surface area (Å²) in [7, 11) is 0. The fourth-order valence-electron chi connectivity index (χ4n) is 4.25. The summed E-state index contributed by atoms with van der Waals surface area (Å²) in [5.41, 5.74) is 2.37. The van der Waals surface area contributed by atoms with E-state index in [2.05, 4.69) is 10.6 Å². The van der Waals surface area contributed by atoms with Crippen molar-refractivity contribution in [3.8, 4) is 11.5 Å². The smallest absolute Gasteiger partial charge is 0.410 e. The molecule has 2 aromatic heterocycles. The van der Waals surface area contributed by atoms with Crippen molar-refractivity contribution in [2.24, 2.45) is 0 Å². The maximum absolute atomic E-state index is 13.1. The normalized spacial score (nSPS) is 16.3. The highest BCUT2D eigenvalue weighted by Crippen LogP contribution is 2.41. The second kappa shape index (κ2) is 10.2. The maximum Gasteiger partial charge on any atom is 0.410 e. The van der Waals surface area contributed by atoms with Crippen molar-refractivity contribution < 1.29 is 28.6 Å². The first-order valence-corrected chi connectivity index (χ1v) is 13.3. The van der Waals surface area contributed by atoms with Crippen LogP contribution < -0.4 is 20.1 Å². The van der Waals surface area contributed by atoms with Gasteiger partial charge in [0.1, 0.15) is 16.0 Å². The second-order valence-electron chi connectivity index (χ2n) is 8.14. The molecule has 2 aliphatic rings. The third-order valence-electron chi connectivity index (χ3n) is 5.89. The standard InChI is InChI=1S/C25H25N3O6S2/c1-3-32-17-12-14(7-8-16(17)34-24(30)18-6-5-11-35-18)21-26-22(29)20-15-9-10-28(25(31)33-4-2)13-19(15)36-23(20)27-21/h5-8,11-12,21,27H,3-4,9-10,13H2,1-2H3,(H,26,29)/t21-/m1/s1. The van der Waals surface area contributed by atoms with Gasteiger partial charge in [0, 0.05) is 11.4 Å². The van der Waals surface area contributed by atoms with Gasteiger partial charge in [-0.2, -0.15) is 0 Å². The van der Waals surface area contributed by atoms with Gasteiger partial charge in [-0.1, -0.05) is 12.1 Å². The third kappa shape index (κ3) is 4.63. The average molecular weight is 528 g/mol. The van der Waals surface area contributed by atoms with Crippen LogP contribution in [0.1, 0.15) is 56.0 Å². The summed E-state index contributed by atoms with van der Waals surface area (Å²) in [6.45, 7) is 5.27. The van der Waals surface area contributed by atoms with Crippen molar-refractivity contribution in [2.45, 2.75) is 33.0 Å². The molecule has 5 rings (SSSR count). The molecule has 0 bridgehead atoms. The van der Waals surface area contributed by atoms with Crippen molar-refractivity contribution in [3.05, 3.63) is 62.2 Å². The van der Waals surface area contributed by atoms with E-state index in [1.165, 1.54) is 22.7 Å². The van der Waals surface area contributed by atoms with Gasteiger partial charge in [-0.3, -0.25) is 4.79 Å². The van der Waals surface area contributed by atoms with E-state index in [9.17, 15) is 14.4 Å². The molecule has 188 valence electrons. The Bertz CT molecular complexity index is 1300. The maximum atomic E-state index is 13.1. The summed E-state index contributed by atoms with van der Waals surface area (Å²) in [6.07, 6.45) is -0.237. The van der Waals surface area contributed by atoms with Gasteiger partial charge in [0.2, 0.25) is 0 Å². The molecule has 1 aromatic carbocycles. The van der Waals surface area contributed by atoms with Crippen LogP contribution in [0.3, 0.4) is 0 Å². The Balaban J connectivity index is 1.37. The lowest BCUT2D eigenvalue weighted by atomic mass is 10.0. The van der Waals surface area contributed by atoms with Crippen LogP contribution in [0.15, 0.2) is 35.7 Å². The SMILES string of the molecule is CCOC(=O)N1CCc2c(sc3c2C(=O)N[C@@H](c2ccc(OC(=O)c4cccs4)c(OCC)c2)N3)C1. The van der Waals surface area contributed by atoms with Gasteiger partial charge < -0.3 is 29.7 Å². The highest BCUT2D eigenvalue weighted by molar-refractivity contribution is 7.16. The summed E-state index contributed by atoms with van der Waals surface area (Å²) in [4.78, 5) is 40.9. The van der Waals surface area contributed by atoms with Crippen molar-refractivity contribution in [1.29, 1.82) is 0 Å². The molecular formula is C25H25N3O6S2. The predicted molar refractivity (Wildman–Crippen MR) is 136 cm³/mol. The van der Waals surface area contributed by atoms with Crippen LogP contribution in [0.5, 0.6) is 11.5 Å². The molecule has 0 saturated heterocycles. The number of carbonyl (C=O) groups excluding carboxylic acids is 3. The quantitative estimate of drug-likeness (QED) is 0.350. The van der Waals surface area contributed by atoms with Crippen molar-refractivity contribution >= 4 is 45.6 Å². The van der Waals surface area contributed by atoms with E-state index in [1.807, 2.05) is 12.3 Å². The first-order chi connectivity index (χ1) is 17.5. The molecule has 0 fully saturated rings. The van der Waals surface area contributed by atoms with Crippen LogP contribution >= 0.6 is 22.7 Å². The lowest BCUT2D eigenvalue weighted by molar-refractivity contribution is 0.0733. The fourth-order valence-corrected chi connectivity index (χ4v) is 6.14. The number of carbonyl (C=O) groups is 3. The van der Waals surface area contributed by atoms with Crippen LogP contribution in [0.2, 0.25) is 0 Å². The highest BCUT2D eigenvalue weighted by Gasteiger charge is 2.34. The monoisotopic (exact) mass is 527 g/mol. The number of nitrogens with zero attached hydrogens (tertiary/aromatic N) is 1. The fraction of sp³-hybridized carbons (Fsp3) is 0.320. The van der Waals surface area contributed by atoms with Gasteiger partial charge in [-0.25, -0.2) is 9.59 Å². The summed E-state index contributed by atoms with van der Waals surface area (Å²) >= 11 is 2.79. The van der Waals surface area contributed by atoms with E-state index < -0.39 is 12.1 Å². The molecule has 0 aliphatic carbocycles. The van der Waals surface area contributed by atoms with Crippen LogP contribution in [-0.2, 0) is 17.7 Å². The van der Waals surface area contributed by atoms with Gasteiger partial charge in [0.05, 0.1) is 25.3 Å². The summed E-state index contributed by atoms with van der Waals surface area (Å²) in [5, 5.41) is 9.01. The molecule has 0 radical (unpaired) electrons. The zero-order valence-corrected chi connectivity index (χ0v) is 21.4. The zero-order valence-electron chi connectivity index (χ0n) is 19.8. The minimum atomic E-state index is -0.493. The molecule has 2 aliphatic heterocycles. The number of esters is 1. The second-order valence-corrected chi connectivity index (χ2v) is 10.2. The number of fused-ring (bicyclic) bond motifs is 3. The van der Waals surface area contributed by atoms with Gasteiger partial charge in [0.15, 0.2) is 11.5 Å². The molecule has 4 heterocycles. The number of thiophene rings is 2. The van der Waals surface area contributed by atoms with E-state index in [1.54, 1.807) is 42.2 Å². The van der Waals surface area contributed by atoms with E-state index in [-0.39, 0.29) is 12.0 Å². The molecule has 1 atom stereocenters. The molecule has 0 unspecified atom stereocenters. The lowest BCUT2D eigenvalue weighted by Gasteiger charge is -2.28. The van der Waals surface area contributed by atoms with E-state index in [4.69, 9.17) is 14.2 Å². The molecule has 3 aromatic rings. The Labute approximate surface area is 216 Å². The van der Waals surface area contributed by atoms with Crippen LogP contribution in [0, 0.1) is 0 Å². The molecule has 2 amide bonds. The number of benzene rings is 1. The van der Waals surface area contributed by atoms with Gasteiger partial charge in [-0.15, -0.1) is 22.7 Å².